The molecule has 0 fully saturated rings. The summed E-state index contributed by atoms with van der Waals surface area (Å²) in [4.78, 5) is 11.4. The van der Waals surface area contributed by atoms with Gasteiger partial charge < -0.3 is 4.74 Å². The van der Waals surface area contributed by atoms with E-state index in [1.807, 2.05) is 19.1 Å². The van der Waals surface area contributed by atoms with Crippen LogP contribution >= 0.6 is 0 Å². The van der Waals surface area contributed by atoms with E-state index in [2.05, 4.69) is 6.92 Å². The predicted octanol–water partition coefficient (Wildman–Crippen LogP) is 2.77. The number of carbonyl (C=O) groups excluding carboxylic acids is 1. The van der Waals surface area contributed by atoms with E-state index in [1.165, 1.54) is 0 Å². The summed E-state index contributed by atoms with van der Waals surface area (Å²) in [5, 5.41) is 0. The molecule has 0 aliphatic rings. The molecule has 0 saturated heterocycles. The Balaban J connectivity index is 2.48. The van der Waals surface area contributed by atoms with Gasteiger partial charge in [-0.15, -0.1) is 0 Å². The molecule has 0 N–H and O–H groups in total. The lowest BCUT2D eigenvalue weighted by atomic mass is 10.1. The molecule has 0 aromatic heterocycles. The van der Waals surface area contributed by atoms with Crippen LogP contribution in [0, 0.1) is 13.8 Å². The van der Waals surface area contributed by atoms with Crippen molar-refractivity contribution in [3.05, 3.63) is 42.3 Å². The molecule has 1 radical (unpaired) electrons. The van der Waals surface area contributed by atoms with Gasteiger partial charge in [0, 0.05) is 0 Å². The highest BCUT2D eigenvalue weighted by Gasteiger charge is 2.04. The maximum absolute atomic E-state index is 11.4. The molecule has 1 aromatic carbocycles. The summed E-state index contributed by atoms with van der Waals surface area (Å²) in [5.74, 6) is -0.251. The molecule has 0 heterocycles. The molecule has 0 spiro atoms. The van der Waals surface area contributed by atoms with Crippen LogP contribution in [0.15, 0.2) is 24.3 Å². The van der Waals surface area contributed by atoms with Crippen LogP contribution in [0.25, 0.3) is 0 Å². The van der Waals surface area contributed by atoms with Crippen LogP contribution < -0.4 is 0 Å². The number of ether oxygens (including phenoxy) is 1. The molecular formula is C12H15O2. The molecule has 0 atom stereocenters. The highest BCUT2D eigenvalue weighted by atomic mass is 16.5. The number of rotatable bonds is 4. The highest BCUT2D eigenvalue weighted by Crippen LogP contribution is 2.05. The van der Waals surface area contributed by atoms with Crippen LogP contribution in [0.1, 0.15) is 28.8 Å². The van der Waals surface area contributed by atoms with Gasteiger partial charge in [0.05, 0.1) is 12.2 Å². The Morgan fingerprint density at radius 3 is 2.57 bits per heavy atom. The number of carbonyl (C=O) groups is 1. The Kier molecular flexibility index (Phi) is 4.17. The molecule has 0 unspecified atom stereocenters. The monoisotopic (exact) mass is 191 g/mol. The third-order valence-corrected chi connectivity index (χ3v) is 1.91. The fourth-order valence-electron chi connectivity index (χ4n) is 1.04. The Labute approximate surface area is 84.9 Å². The van der Waals surface area contributed by atoms with Crippen molar-refractivity contribution in [2.24, 2.45) is 0 Å². The fraction of sp³-hybridized carbons (Fsp3) is 0.333. The van der Waals surface area contributed by atoms with Crippen molar-refractivity contribution in [2.75, 3.05) is 6.61 Å². The standard InChI is InChI=1S/C12H15O2/c1-3-4-9-14-12(13)11-7-5-10(2)6-8-11/h5-8H,1,3-4,9H2,2H3. The molecule has 0 aliphatic heterocycles. The second kappa shape index (κ2) is 5.43. The van der Waals surface area contributed by atoms with Crippen molar-refractivity contribution < 1.29 is 9.53 Å². The summed E-state index contributed by atoms with van der Waals surface area (Å²) < 4.78 is 5.03. The summed E-state index contributed by atoms with van der Waals surface area (Å²) in [6.45, 7) is 6.11. The van der Waals surface area contributed by atoms with E-state index in [0.29, 0.717) is 12.2 Å². The first-order chi connectivity index (χ1) is 6.74. The molecule has 75 valence electrons. The van der Waals surface area contributed by atoms with Gasteiger partial charge in [0.25, 0.3) is 0 Å². The number of hydrogen-bond acceptors (Lipinski definition) is 2. The molecule has 0 amide bonds. The van der Waals surface area contributed by atoms with Crippen molar-refractivity contribution in [3.63, 3.8) is 0 Å². The molecule has 1 rings (SSSR count). The minimum Gasteiger partial charge on any atom is -0.462 e. The van der Waals surface area contributed by atoms with Gasteiger partial charge in [0.15, 0.2) is 0 Å². The Hall–Kier alpha value is -1.31. The largest absolute Gasteiger partial charge is 0.462 e. The zero-order valence-corrected chi connectivity index (χ0v) is 8.45. The summed E-state index contributed by atoms with van der Waals surface area (Å²) in [7, 11) is 0. The average Bonchev–Trinajstić information content (AvgIpc) is 2.19. The number of esters is 1. The van der Waals surface area contributed by atoms with Crippen molar-refractivity contribution in [2.45, 2.75) is 19.8 Å². The minimum absolute atomic E-state index is 0.251. The van der Waals surface area contributed by atoms with Crippen molar-refractivity contribution in [1.82, 2.24) is 0 Å². The van der Waals surface area contributed by atoms with Crippen LogP contribution in [0.5, 0.6) is 0 Å². The smallest absolute Gasteiger partial charge is 0.338 e. The maximum Gasteiger partial charge on any atom is 0.338 e. The van der Waals surface area contributed by atoms with Crippen LogP contribution in [0.3, 0.4) is 0 Å². The van der Waals surface area contributed by atoms with E-state index >= 15 is 0 Å². The molecule has 0 saturated carbocycles. The van der Waals surface area contributed by atoms with Crippen molar-refractivity contribution in [3.8, 4) is 0 Å². The average molecular weight is 191 g/mol. The SMILES string of the molecule is [CH2]CCCOC(=O)c1ccc(C)cc1. The van der Waals surface area contributed by atoms with E-state index < -0.39 is 0 Å². The van der Waals surface area contributed by atoms with Gasteiger partial charge >= 0.3 is 5.97 Å². The highest BCUT2D eigenvalue weighted by molar-refractivity contribution is 5.89. The van der Waals surface area contributed by atoms with E-state index in [1.54, 1.807) is 12.1 Å². The number of unbranched alkanes of at least 4 members (excludes halogenated alkanes) is 1. The molecule has 0 bridgehead atoms. The molecular weight excluding hydrogens is 176 g/mol. The lowest BCUT2D eigenvalue weighted by Crippen LogP contribution is -2.05. The molecule has 2 nitrogen and oxygen atoms in total. The number of benzene rings is 1. The van der Waals surface area contributed by atoms with Crippen LogP contribution in [0.4, 0.5) is 0 Å². The maximum atomic E-state index is 11.4. The summed E-state index contributed by atoms with van der Waals surface area (Å²) in [5.41, 5.74) is 1.75. The van der Waals surface area contributed by atoms with E-state index in [4.69, 9.17) is 4.74 Å². The second-order valence-corrected chi connectivity index (χ2v) is 3.21. The van der Waals surface area contributed by atoms with Gasteiger partial charge in [0.1, 0.15) is 0 Å². The first kappa shape index (κ1) is 10.8. The number of hydrogen-bond donors (Lipinski definition) is 0. The Morgan fingerprint density at radius 2 is 2.00 bits per heavy atom. The zero-order chi connectivity index (χ0) is 10.4. The van der Waals surface area contributed by atoms with Gasteiger partial charge in [-0.1, -0.05) is 31.0 Å². The first-order valence-corrected chi connectivity index (χ1v) is 4.77. The Morgan fingerprint density at radius 1 is 1.36 bits per heavy atom. The molecule has 14 heavy (non-hydrogen) atoms. The van der Waals surface area contributed by atoms with E-state index in [-0.39, 0.29) is 5.97 Å². The summed E-state index contributed by atoms with van der Waals surface area (Å²) >= 11 is 0. The Bertz CT molecular complexity index is 288. The van der Waals surface area contributed by atoms with E-state index in [0.717, 1.165) is 18.4 Å². The molecule has 1 aromatic rings. The third kappa shape index (κ3) is 3.21. The molecule has 2 heteroatoms. The van der Waals surface area contributed by atoms with Crippen LogP contribution in [-0.4, -0.2) is 12.6 Å². The number of aryl methyl sites for hydroxylation is 1. The summed E-state index contributed by atoms with van der Waals surface area (Å²) in [6, 6.07) is 7.36. The van der Waals surface area contributed by atoms with Gasteiger partial charge in [-0.2, -0.15) is 0 Å². The minimum atomic E-state index is -0.251. The first-order valence-electron chi connectivity index (χ1n) is 4.77. The lowest BCUT2D eigenvalue weighted by Gasteiger charge is -2.03. The van der Waals surface area contributed by atoms with Crippen LogP contribution in [0.2, 0.25) is 0 Å². The van der Waals surface area contributed by atoms with Gasteiger partial charge in [-0.3, -0.25) is 0 Å². The van der Waals surface area contributed by atoms with Crippen molar-refractivity contribution in [1.29, 1.82) is 0 Å². The van der Waals surface area contributed by atoms with Crippen molar-refractivity contribution >= 4 is 5.97 Å². The second-order valence-electron chi connectivity index (χ2n) is 3.21. The van der Waals surface area contributed by atoms with Crippen LogP contribution in [-0.2, 0) is 4.74 Å². The normalized spacial score (nSPS) is 9.86. The van der Waals surface area contributed by atoms with Gasteiger partial charge in [0.2, 0.25) is 0 Å². The summed E-state index contributed by atoms with van der Waals surface area (Å²) in [6.07, 6.45) is 1.61. The van der Waals surface area contributed by atoms with Gasteiger partial charge in [-0.25, -0.2) is 4.79 Å². The zero-order valence-electron chi connectivity index (χ0n) is 8.45. The van der Waals surface area contributed by atoms with Gasteiger partial charge in [-0.05, 0) is 25.5 Å². The molecule has 0 aliphatic carbocycles. The topological polar surface area (TPSA) is 26.3 Å². The predicted molar refractivity (Wildman–Crippen MR) is 56.1 cm³/mol. The lowest BCUT2D eigenvalue weighted by molar-refractivity contribution is 0.0501. The van der Waals surface area contributed by atoms with E-state index in [9.17, 15) is 4.79 Å². The quantitative estimate of drug-likeness (QED) is 0.540. The third-order valence-electron chi connectivity index (χ3n) is 1.91. The fourth-order valence-corrected chi connectivity index (χ4v) is 1.04.